The summed E-state index contributed by atoms with van der Waals surface area (Å²) in [5.41, 5.74) is 20.0. The lowest BCUT2D eigenvalue weighted by Crippen LogP contribution is -2.45. The first-order valence-electron chi connectivity index (χ1n) is 47.2. The minimum Gasteiger partial charge on any atom is -0.449 e. The van der Waals surface area contributed by atoms with Crippen LogP contribution in [0.2, 0.25) is 0 Å². The Hall–Kier alpha value is -14.0. The zero-order valence-electron chi connectivity index (χ0n) is 76.1. The van der Waals surface area contributed by atoms with E-state index in [1.54, 1.807) is 60.9 Å². The number of nitrogens with two attached hydrogens (primary N) is 1. The fraction of sp³-hybridized carbons (Fsp3) is 0.532. The van der Waals surface area contributed by atoms with Gasteiger partial charge in [0.2, 0.25) is 17.7 Å². The number of imide groups is 1. The van der Waals surface area contributed by atoms with Crippen molar-refractivity contribution in [3.8, 4) is 0 Å². The second-order valence-corrected chi connectivity index (χ2v) is 34.9. The SMILES string of the molecule is NCCNC(=O)OC(CNC(=O)OCC1[C@H]2CC/C=C/CC[C@@H]12)CNC(=O)OCC1[C@H]2CC/C=C/CC[C@@H]12.O=C(CCCC(=O)Nc1ccc(C2=NNC(c3ccccn3)=NN2)nc1)NCCNC(=O)OC(CNC(=O)OCC1[C@H]2CC/C=C/CC[C@@H]12)CNC(=O)OCC1[C@H]2CC/C=C/CC[C@@H]12.O=C(CCCC(=O)ON1C(=O)CCC1=O)Nc1ccc(C2=NNC(c3ccccn3)=NN2)nc1. The maximum Gasteiger partial charge on any atom is 0.407 e. The number of hydrogen-bond donors (Lipinski definition) is 14. The molecule has 11 aliphatic rings. The third kappa shape index (κ3) is 32.1. The van der Waals surface area contributed by atoms with Crippen molar-refractivity contribution >= 4 is 107 Å². The lowest BCUT2D eigenvalue weighted by molar-refractivity contribution is -0.197. The molecule has 728 valence electrons. The number of rotatable bonds is 38. The lowest BCUT2D eigenvalue weighted by atomic mass is 10.1. The molecule has 3 aliphatic heterocycles. The first-order valence-corrected chi connectivity index (χ1v) is 47.2. The number of ether oxygens (including phenoxy) is 6. The van der Waals surface area contributed by atoms with Gasteiger partial charge >= 0.3 is 42.5 Å². The fourth-order valence-electron chi connectivity index (χ4n) is 18.0. The van der Waals surface area contributed by atoms with Crippen LogP contribution in [0, 0.1) is 71.0 Å². The zero-order valence-corrected chi connectivity index (χ0v) is 76.1. The molecule has 12 atom stereocenters. The summed E-state index contributed by atoms with van der Waals surface area (Å²) in [5.74, 6) is 5.40. The number of hydroxylamine groups is 2. The maximum absolute atomic E-state index is 12.8. The van der Waals surface area contributed by atoms with E-state index in [2.05, 4.69) is 159 Å². The van der Waals surface area contributed by atoms with Gasteiger partial charge in [0, 0.05) is 77.1 Å². The average molecular weight is 1880 g/mol. The van der Waals surface area contributed by atoms with Gasteiger partial charge in [-0.25, -0.2) is 33.6 Å². The number of anilines is 2. The second kappa shape index (κ2) is 52.1. The Bertz CT molecular complexity index is 4810. The highest BCUT2D eigenvalue weighted by atomic mass is 16.7. The summed E-state index contributed by atoms with van der Waals surface area (Å²) in [6.45, 7) is 1.95. The number of carbonyl (C=O) groups excluding carboxylic acids is 12. The monoisotopic (exact) mass is 1880 g/mol. The summed E-state index contributed by atoms with van der Waals surface area (Å²) in [5, 5.41) is 41.3. The van der Waals surface area contributed by atoms with Gasteiger partial charge in [0.05, 0.1) is 76.4 Å². The number of fused-ring (bicyclic) bond motifs is 4. The number of allylic oxidation sites excluding steroid dienone is 8. The van der Waals surface area contributed by atoms with Crippen LogP contribution in [0.3, 0.4) is 0 Å². The number of aromatic nitrogens is 4. The van der Waals surface area contributed by atoms with Crippen LogP contribution in [0.4, 0.5) is 40.1 Å². The Morgan fingerprint density at radius 3 is 0.993 bits per heavy atom. The Labute approximate surface area is 787 Å². The van der Waals surface area contributed by atoms with Crippen LogP contribution in [0.5, 0.6) is 0 Å². The van der Waals surface area contributed by atoms with Crippen molar-refractivity contribution in [1.29, 1.82) is 0 Å². The van der Waals surface area contributed by atoms with Crippen LogP contribution < -0.4 is 75.3 Å². The molecular formula is C94H123N23O19. The molecule has 42 nitrogen and oxygen atoms in total. The van der Waals surface area contributed by atoms with E-state index < -0.39 is 66.6 Å². The van der Waals surface area contributed by atoms with Crippen molar-refractivity contribution in [1.82, 2.24) is 83.9 Å². The van der Waals surface area contributed by atoms with Gasteiger partial charge < -0.3 is 86.8 Å². The van der Waals surface area contributed by atoms with E-state index in [4.69, 9.17) is 39.0 Å². The normalized spacial score (nSPS) is 24.1. The summed E-state index contributed by atoms with van der Waals surface area (Å²) < 4.78 is 32.9. The zero-order chi connectivity index (χ0) is 95.2. The minimum absolute atomic E-state index is 0.00360. The smallest absolute Gasteiger partial charge is 0.407 e. The third-order valence-corrected chi connectivity index (χ3v) is 25.5. The molecule has 4 unspecified atom stereocenters. The lowest BCUT2D eigenvalue weighted by Gasteiger charge is -2.19. The van der Waals surface area contributed by atoms with E-state index in [-0.39, 0.29) is 115 Å². The van der Waals surface area contributed by atoms with E-state index >= 15 is 0 Å². The predicted molar refractivity (Wildman–Crippen MR) is 496 cm³/mol. The highest BCUT2D eigenvalue weighted by Crippen LogP contribution is 2.56. The van der Waals surface area contributed by atoms with Crippen LogP contribution in [-0.4, -0.2) is 211 Å². The summed E-state index contributed by atoms with van der Waals surface area (Å²) in [4.78, 5) is 168. The van der Waals surface area contributed by atoms with Gasteiger partial charge in [0.1, 0.15) is 35.0 Å². The van der Waals surface area contributed by atoms with E-state index in [9.17, 15) is 57.5 Å². The first-order chi connectivity index (χ1) is 66.4. The molecule has 4 aromatic rings. The van der Waals surface area contributed by atoms with Crippen molar-refractivity contribution in [2.45, 2.75) is 166 Å². The Balaban J connectivity index is 0.000000185. The van der Waals surface area contributed by atoms with Crippen LogP contribution in [-0.2, 0) is 62.0 Å². The molecule has 0 radical (unpaired) electrons. The third-order valence-electron chi connectivity index (χ3n) is 25.5. The number of alkyl carbamates (subject to hydrolysis) is 6. The molecule has 11 amide bonds. The van der Waals surface area contributed by atoms with Crippen molar-refractivity contribution < 1.29 is 90.8 Å². The number of nitrogens with one attached hydrogen (secondary N) is 13. The number of amidine groups is 4. The molecule has 7 heterocycles. The van der Waals surface area contributed by atoms with Gasteiger partial charge in [0.15, 0.2) is 23.3 Å². The summed E-state index contributed by atoms with van der Waals surface area (Å²) in [6.07, 6.45) is 36.8. The highest BCUT2D eigenvalue weighted by molar-refractivity contribution is 6.06. The van der Waals surface area contributed by atoms with Crippen molar-refractivity contribution in [2.24, 2.45) is 97.2 Å². The van der Waals surface area contributed by atoms with Gasteiger partial charge in [-0.05, 0) is 235 Å². The molecular weight excluding hydrogens is 1760 g/mol. The van der Waals surface area contributed by atoms with E-state index in [1.807, 2.05) is 12.1 Å². The average Bonchev–Trinajstić information content (AvgIpc) is 1.64. The Kier molecular flexibility index (Phi) is 38.1. The molecule has 42 heteroatoms. The predicted octanol–water partition coefficient (Wildman–Crippen LogP) is 8.34. The number of hydrazone groups is 4. The largest absolute Gasteiger partial charge is 0.449 e. The van der Waals surface area contributed by atoms with Gasteiger partial charge in [-0.15, -0.1) is 5.06 Å². The fourth-order valence-corrected chi connectivity index (χ4v) is 18.0. The summed E-state index contributed by atoms with van der Waals surface area (Å²) in [6, 6.07) is 17.6. The molecule has 15 N–H and O–H groups in total. The van der Waals surface area contributed by atoms with Crippen LogP contribution in [0.25, 0.3) is 0 Å². The van der Waals surface area contributed by atoms with Crippen LogP contribution >= 0.6 is 0 Å². The van der Waals surface area contributed by atoms with Crippen molar-refractivity contribution in [3.63, 3.8) is 0 Å². The molecule has 0 aromatic carbocycles. The standard InChI is InChI=1S/C45H59N11O8.C28H44N4O6.C21H20N8O5/c57-39(17-11-18-40(58)52-29-19-20-38(49-24-29)42-55-53-41(54-56-42)37-16-9-10-21-46-37)47-22-23-48-45(61)64-30(25-50-43(59)62-27-35-31-12-5-1-2-6-13-32(31)35)26-51-44(60)63-28-36-33-14-7-3-4-8-15-34(33)36;29-13-14-30-28(35)38-19(15-31-26(33)36-17-24-20-9-5-1-2-6-10-21(20)24)16-32-27(34)37-18-25-22-11-7-3-4-8-12-23(22)25;30-16(5-3-6-19(33)34-29-17(31)9-10-18(29)32)24-13-7-8-15(23-12-13)21-27-25-20(26-28-21)14-4-1-2-11-22-14/h1-4,9-10,16,19-21,24,30-36H,5-8,11-15,17-18,22-23,25-28H2,(H,47,57)(H,48,61)(H,50,59)(H,51,60)(H,52,58)(H,53,54)(H,55,56);1-4,19-25H,5-18,29H2,(H,30,35)(H,31,33)(H,32,34);1-2,4,7-8,11-12H,3,5-6,9-10H2,(H,24,30)(H,25,26)(H,27,28)/b2*2-1+,4-3+;/t30?,31-,32+,33-,34+,35?,36?;19?,20-,21+,22-,23+,24?,25?;. The van der Waals surface area contributed by atoms with Crippen LogP contribution in [0.1, 0.15) is 177 Å². The first kappa shape index (κ1) is 99.5. The number of amides is 11. The van der Waals surface area contributed by atoms with E-state index in [1.165, 1.54) is 12.4 Å². The highest BCUT2D eigenvalue weighted by Gasteiger charge is 2.52. The van der Waals surface area contributed by atoms with Gasteiger partial charge in [-0.2, -0.15) is 20.4 Å². The van der Waals surface area contributed by atoms with Crippen molar-refractivity contribution in [3.05, 3.63) is 157 Å². The topological polar surface area (TPSA) is 556 Å². The number of carbonyl (C=O) groups is 12. The molecule has 4 aromatic heterocycles. The maximum atomic E-state index is 12.8. The molecule has 0 bridgehead atoms. The molecule has 4 saturated carbocycles. The molecule has 136 heavy (non-hydrogen) atoms. The minimum atomic E-state index is -0.931. The van der Waals surface area contributed by atoms with Crippen LogP contribution in [0.15, 0.2) is 154 Å². The molecule has 15 rings (SSSR count). The van der Waals surface area contributed by atoms with Crippen molar-refractivity contribution in [2.75, 3.05) is 89.4 Å². The Morgan fingerprint density at radius 1 is 0.368 bits per heavy atom. The molecule has 5 fully saturated rings. The molecule has 8 aliphatic carbocycles. The second-order valence-electron chi connectivity index (χ2n) is 34.9. The van der Waals surface area contributed by atoms with Gasteiger partial charge in [0.25, 0.3) is 11.8 Å². The van der Waals surface area contributed by atoms with E-state index in [0.717, 1.165) is 103 Å². The van der Waals surface area contributed by atoms with Gasteiger partial charge in [-0.1, -0.05) is 60.7 Å². The molecule has 1 saturated heterocycles. The number of nitrogens with zero attached hydrogens (tertiary/aromatic N) is 9. The quantitative estimate of drug-likeness (QED) is 0.00867. The molecule has 0 spiro atoms. The number of hydrogen-bond acceptors (Lipinski definition) is 32. The van der Waals surface area contributed by atoms with E-state index in [0.29, 0.717) is 166 Å². The number of pyridine rings is 4. The summed E-state index contributed by atoms with van der Waals surface area (Å²) in [7, 11) is 0. The summed E-state index contributed by atoms with van der Waals surface area (Å²) >= 11 is 0. The van der Waals surface area contributed by atoms with Gasteiger partial charge in [-0.3, -0.25) is 65.6 Å². The Morgan fingerprint density at radius 2 is 0.684 bits per heavy atom.